The zero-order valence-corrected chi connectivity index (χ0v) is 23.5. The van der Waals surface area contributed by atoms with Crippen LogP contribution in [0.3, 0.4) is 0 Å². The summed E-state index contributed by atoms with van der Waals surface area (Å²) in [5.74, 6) is -0.416. The number of methoxy groups -OCH3 is 1. The Morgan fingerprint density at radius 1 is 0.780 bits per heavy atom. The minimum atomic E-state index is -0.970. The van der Waals surface area contributed by atoms with Gasteiger partial charge in [-0.15, -0.1) is 0 Å². The molecule has 206 valence electrons. The Kier molecular flexibility index (Phi) is 8.06. The molecule has 5 aromatic rings. The number of carbonyl (C=O) groups excluding carboxylic acids is 2. The van der Waals surface area contributed by atoms with E-state index in [2.05, 4.69) is 5.32 Å². The fraction of sp³-hybridized carbons (Fsp3) is 0.176. The van der Waals surface area contributed by atoms with Crippen molar-refractivity contribution >= 4 is 28.6 Å². The molecule has 1 heterocycles. The van der Waals surface area contributed by atoms with E-state index in [-0.39, 0.29) is 5.56 Å². The van der Waals surface area contributed by atoms with E-state index in [0.29, 0.717) is 28.9 Å². The third-order valence-corrected chi connectivity index (χ3v) is 6.80. The van der Waals surface area contributed by atoms with Gasteiger partial charge in [0.2, 0.25) is 0 Å². The lowest BCUT2D eigenvalue weighted by atomic mass is 10.0. The average molecular weight is 546 g/mol. The molecule has 0 saturated heterocycles. The maximum atomic E-state index is 13.2. The van der Waals surface area contributed by atoms with Gasteiger partial charge in [-0.05, 0) is 50.6 Å². The first-order valence-electron chi connectivity index (χ1n) is 13.5. The summed E-state index contributed by atoms with van der Waals surface area (Å²) >= 11 is 0. The smallest absolute Gasteiger partial charge is 0.338 e. The van der Waals surface area contributed by atoms with Crippen molar-refractivity contribution in [2.75, 3.05) is 12.4 Å². The first-order chi connectivity index (χ1) is 19.8. The summed E-state index contributed by atoms with van der Waals surface area (Å²) in [6.45, 7) is 5.87. The number of hydrogen-bond donors (Lipinski definition) is 1. The number of fused-ring (bicyclic) bond motifs is 1. The number of hydrogen-bond acceptors (Lipinski definition) is 6. The number of rotatable bonds is 8. The number of aryl methyl sites for hydroxylation is 2. The molecule has 0 fully saturated rings. The van der Waals surface area contributed by atoms with E-state index >= 15 is 0 Å². The molecule has 1 N–H and O–H groups in total. The summed E-state index contributed by atoms with van der Waals surface area (Å²) in [6.07, 6.45) is -0.658. The van der Waals surface area contributed by atoms with Crippen LogP contribution in [0.25, 0.3) is 33.5 Å². The van der Waals surface area contributed by atoms with Gasteiger partial charge in [-0.3, -0.25) is 4.79 Å². The molecule has 0 spiro atoms. The van der Waals surface area contributed by atoms with Gasteiger partial charge in [0, 0.05) is 22.9 Å². The molecule has 0 saturated carbocycles. The van der Waals surface area contributed by atoms with Gasteiger partial charge in [-0.25, -0.2) is 14.8 Å². The predicted octanol–water partition coefficient (Wildman–Crippen LogP) is 7.16. The predicted molar refractivity (Wildman–Crippen MR) is 161 cm³/mol. The highest BCUT2D eigenvalue weighted by Crippen LogP contribution is 2.32. The van der Waals surface area contributed by atoms with Crippen molar-refractivity contribution in [1.29, 1.82) is 0 Å². The molecule has 41 heavy (non-hydrogen) atoms. The lowest BCUT2D eigenvalue weighted by Gasteiger charge is -2.17. The number of amides is 1. The van der Waals surface area contributed by atoms with Crippen molar-refractivity contribution in [3.63, 3.8) is 0 Å². The molecule has 7 heteroatoms. The van der Waals surface area contributed by atoms with Gasteiger partial charge in [-0.2, -0.15) is 0 Å². The van der Waals surface area contributed by atoms with Crippen LogP contribution in [-0.4, -0.2) is 35.1 Å². The molecule has 0 aliphatic rings. The standard InChI is InChI=1S/C34H31N3O4/c1-5-30(33(38)35-26-7-6-8-27(20-26)40-4)41-34(39)25-17-18-28-29(19-25)37-32(24-15-11-22(3)12-16-24)31(36-28)23-13-9-21(2)10-14-23/h6-20,30H,5H2,1-4H3,(H,35,38). The molecule has 7 nitrogen and oxygen atoms in total. The van der Waals surface area contributed by atoms with E-state index < -0.39 is 18.0 Å². The van der Waals surface area contributed by atoms with Crippen molar-refractivity contribution in [2.24, 2.45) is 0 Å². The van der Waals surface area contributed by atoms with E-state index in [4.69, 9.17) is 19.4 Å². The Bertz CT molecular complexity index is 1710. The SMILES string of the molecule is CCC(OC(=O)c1ccc2nc(-c3ccc(C)cc3)c(-c3ccc(C)cc3)nc2c1)C(=O)Nc1cccc(OC)c1. The fourth-order valence-electron chi connectivity index (χ4n) is 4.45. The quantitative estimate of drug-likeness (QED) is 0.208. The highest BCUT2D eigenvalue weighted by molar-refractivity contribution is 5.99. The van der Waals surface area contributed by atoms with E-state index in [1.165, 1.54) is 0 Å². The van der Waals surface area contributed by atoms with Crippen LogP contribution in [0.4, 0.5) is 5.69 Å². The summed E-state index contributed by atoms with van der Waals surface area (Å²) in [6, 6.07) is 28.4. The van der Waals surface area contributed by atoms with Crippen LogP contribution in [-0.2, 0) is 9.53 Å². The number of ether oxygens (including phenoxy) is 2. The van der Waals surface area contributed by atoms with Crippen LogP contribution in [0, 0.1) is 13.8 Å². The first kappa shape index (κ1) is 27.5. The van der Waals surface area contributed by atoms with E-state index in [1.54, 1.807) is 56.5 Å². The number of benzene rings is 4. The van der Waals surface area contributed by atoms with Gasteiger partial charge >= 0.3 is 5.97 Å². The summed E-state index contributed by atoms with van der Waals surface area (Å²) in [5.41, 5.74) is 7.71. The molecule has 0 aliphatic heterocycles. The normalized spacial score (nSPS) is 11.6. The number of carbonyl (C=O) groups is 2. The van der Waals surface area contributed by atoms with Gasteiger partial charge < -0.3 is 14.8 Å². The van der Waals surface area contributed by atoms with Crippen LogP contribution in [0.1, 0.15) is 34.8 Å². The Morgan fingerprint density at radius 2 is 1.39 bits per heavy atom. The molecule has 1 unspecified atom stereocenters. The molecule has 0 radical (unpaired) electrons. The summed E-state index contributed by atoms with van der Waals surface area (Å²) in [7, 11) is 1.55. The number of nitrogens with zero attached hydrogens (tertiary/aromatic N) is 2. The molecule has 1 aromatic heterocycles. The van der Waals surface area contributed by atoms with Crippen LogP contribution in [0.2, 0.25) is 0 Å². The fourth-order valence-corrected chi connectivity index (χ4v) is 4.45. The molecule has 4 aromatic carbocycles. The van der Waals surface area contributed by atoms with Gasteiger partial charge in [-0.1, -0.05) is 72.6 Å². The minimum absolute atomic E-state index is 0.289. The maximum Gasteiger partial charge on any atom is 0.338 e. The lowest BCUT2D eigenvalue weighted by molar-refractivity contribution is -0.124. The Morgan fingerprint density at radius 3 is 1.98 bits per heavy atom. The minimum Gasteiger partial charge on any atom is -0.497 e. The molecular formula is C34H31N3O4. The van der Waals surface area contributed by atoms with Crippen LogP contribution in [0.15, 0.2) is 91.0 Å². The van der Waals surface area contributed by atoms with E-state index in [0.717, 1.165) is 33.6 Å². The van der Waals surface area contributed by atoms with Crippen molar-refractivity contribution < 1.29 is 19.1 Å². The van der Waals surface area contributed by atoms with Gasteiger partial charge in [0.05, 0.1) is 35.1 Å². The summed E-state index contributed by atoms with van der Waals surface area (Å²) < 4.78 is 10.8. The van der Waals surface area contributed by atoms with Crippen LogP contribution < -0.4 is 10.1 Å². The van der Waals surface area contributed by atoms with Crippen molar-refractivity contribution in [1.82, 2.24) is 9.97 Å². The van der Waals surface area contributed by atoms with Crippen molar-refractivity contribution in [3.8, 4) is 28.3 Å². The van der Waals surface area contributed by atoms with Crippen molar-refractivity contribution in [2.45, 2.75) is 33.3 Å². The van der Waals surface area contributed by atoms with Gasteiger partial charge in [0.15, 0.2) is 6.10 Å². The third kappa shape index (κ3) is 6.25. The summed E-state index contributed by atoms with van der Waals surface area (Å²) in [5, 5.41) is 2.79. The zero-order valence-electron chi connectivity index (χ0n) is 23.5. The monoisotopic (exact) mass is 545 g/mol. The molecule has 5 rings (SSSR count). The summed E-state index contributed by atoms with van der Waals surface area (Å²) in [4.78, 5) is 36.0. The number of anilines is 1. The molecule has 0 aliphatic carbocycles. The Labute approximate surface area is 239 Å². The van der Waals surface area contributed by atoms with Gasteiger partial charge in [0.25, 0.3) is 5.91 Å². The lowest BCUT2D eigenvalue weighted by Crippen LogP contribution is -2.32. The number of nitrogens with one attached hydrogen (secondary N) is 1. The average Bonchev–Trinajstić information content (AvgIpc) is 2.99. The third-order valence-electron chi connectivity index (χ3n) is 6.80. The Hall–Kier alpha value is -5.04. The highest BCUT2D eigenvalue weighted by Gasteiger charge is 2.23. The molecular weight excluding hydrogens is 514 g/mol. The Balaban J connectivity index is 1.45. The van der Waals surface area contributed by atoms with E-state index in [1.807, 2.05) is 62.4 Å². The van der Waals surface area contributed by atoms with Crippen LogP contribution in [0.5, 0.6) is 5.75 Å². The maximum absolute atomic E-state index is 13.2. The highest BCUT2D eigenvalue weighted by atomic mass is 16.5. The zero-order chi connectivity index (χ0) is 28.9. The molecule has 0 bridgehead atoms. The second kappa shape index (κ2) is 12.0. The molecule has 1 amide bonds. The largest absolute Gasteiger partial charge is 0.497 e. The first-order valence-corrected chi connectivity index (χ1v) is 13.5. The number of esters is 1. The number of aromatic nitrogens is 2. The van der Waals surface area contributed by atoms with Crippen molar-refractivity contribution in [3.05, 3.63) is 108 Å². The van der Waals surface area contributed by atoms with Crippen LogP contribution >= 0.6 is 0 Å². The van der Waals surface area contributed by atoms with E-state index in [9.17, 15) is 9.59 Å². The molecule has 1 atom stereocenters. The topological polar surface area (TPSA) is 90.4 Å². The second-order valence-electron chi connectivity index (χ2n) is 9.88. The van der Waals surface area contributed by atoms with Gasteiger partial charge in [0.1, 0.15) is 5.75 Å². The second-order valence-corrected chi connectivity index (χ2v) is 9.88.